The number of aliphatic hydroxyl groups excluding tert-OH is 2. The molecule has 3 heteroatoms. The van der Waals surface area contributed by atoms with E-state index in [0.717, 1.165) is 45.3 Å². The van der Waals surface area contributed by atoms with Crippen LogP contribution in [0, 0.1) is 0 Å². The van der Waals surface area contributed by atoms with E-state index in [4.69, 9.17) is 14.9 Å². The molecule has 0 spiro atoms. The van der Waals surface area contributed by atoms with Crippen molar-refractivity contribution in [2.75, 3.05) is 19.8 Å². The van der Waals surface area contributed by atoms with Gasteiger partial charge < -0.3 is 14.9 Å². The highest BCUT2D eigenvalue weighted by Crippen LogP contribution is 2.04. The Kier molecular flexibility index (Phi) is 13.4. The zero-order valence-electron chi connectivity index (χ0n) is 10.9. The highest BCUT2D eigenvalue weighted by molar-refractivity contribution is 4.65. The summed E-state index contributed by atoms with van der Waals surface area (Å²) < 4.78 is 5.51. The molecule has 0 amide bonds. The molecule has 1 atom stereocenters. The average molecular weight is 244 g/mol. The van der Waals surface area contributed by atoms with E-state index in [1.807, 2.05) is 6.08 Å². The number of unbranched alkanes of at least 4 members (excludes halogenated alkanes) is 5. The first-order valence-electron chi connectivity index (χ1n) is 6.78. The van der Waals surface area contributed by atoms with Crippen LogP contribution in [-0.2, 0) is 4.74 Å². The van der Waals surface area contributed by atoms with E-state index in [0.29, 0.717) is 6.42 Å². The van der Waals surface area contributed by atoms with Gasteiger partial charge >= 0.3 is 0 Å². The van der Waals surface area contributed by atoms with Crippen molar-refractivity contribution in [3.63, 3.8) is 0 Å². The first-order chi connectivity index (χ1) is 8.31. The predicted octanol–water partition coefficient (Wildman–Crippen LogP) is 2.66. The molecule has 1 unspecified atom stereocenters. The minimum atomic E-state index is -0.541. The van der Waals surface area contributed by atoms with Crippen molar-refractivity contribution in [1.29, 1.82) is 0 Å². The van der Waals surface area contributed by atoms with Gasteiger partial charge in [-0.15, -0.1) is 6.58 Å². The molecular formula is C14H28O3. The Hall–Kier alpha value is -0.380. The number of aliphatic hydroxyl groups is 2. The first kappa shape index (κ1) is 16.6. The molecule has 0 saturated carbocycles. The minimum absolute atomic E-state index is 0.124. The van der Waals surface area contributed by atoms with Gasteiger partial charge in [0, 0.05) is 13.2 Å². The van der Waals surface area contributed by atoms with Crippen LogP contribution >= 0.6 is 0 Å². The molecule has 0 fully saturated rings. The SMILES string of the molecule is C=CCCCCCOCCCCCC(O)CO. The molecule has 0 rings (SSSR count). The lowest BCUT2D eigenvalue weighted by Crippen LogP contribution is -2.11. The smallest absolute Gasteiger partial charge is 0.0770 e. The third-order valence-electron chi connectivity index (χ3n) is 2.73. The van der Waals surface area contributed by atoms with Crippen molar-refractivity contribution >= 4 is 0 Å². The van der Waals surface area contributed by atoms with Crippen LogP contribution in [0.2, 0.25) is 0 Å². The van der Waals surface area contributed by atoms with Crippen LogP contribution in [0.4, 0.5) is 0 Å². The number of rotatable bonds is 13. The van der Waals surface area contributed by atoms with Gasteiger partial charge in [0.15, 0.2) is 0 Å². The molecule has 102 valence electrons. The summed E-state index contributed by atoms with van der Waals surface area (Å²) in [5.74, 6) is 0. The quantitative estimate of drug-likeness (QED) is 0.387. The maximum absolute atomic E-state index is 9.11. The fourth-order valence-corrected chi connectivity index (χ4v) is 1.62. The lowest BCUT2D eigenvalue weighted by molar-refractivity contribution is 0.0840. The predicted molar refractivity (Wildman–Crippen MR) is 71.0 cm³/mol. The second-order valence-corrected chi connectivity index (χ2v) is 4.44. The van der Waals surface area contributed by atoms with Gasteiger partial charge in [0.05, 0.1) is 12.7 Å². The summed E-state index contributed by atoms with van der Waals surface area (Å²) in [6.07, 6.45) is 9.86. The normalized spacial score (nSPS) is 12.6. The average Bonchev–Trinajstić information content (AvgIpc) is 2.35. The van der Waals surface area contributed by atoms with E-state index in [9.17, 15) is 0 Å². The maximum Gasteiger partial charge on any atom is 0.0770 e. The maximum atomic E-state index is 9.11. The fourth-order valence-electron chi connectivity index (χ4n) is 1.62. The molecule has 0 aromatic carbocycles. The van der Waals surface area contributed by atoms with Crippen molar-refractivity contribution in [2.45, 2.75) is 57.5 Å². The fraction of sp³-hybridized carbons (Fsp3) is 0.857. The van der Waals surface area contributed by atoms with E-state index in [1.54, 1.807) is 0 Å². The third kappa shape index (κ3) is 13.6. The molecule has 0 aromatic rings. The molecule has 17 heavy (non-hydrogen) atoms. The number of ether oxygens (including phenoxy) is 1. The van der Waals surface area contributed by atoms with Gasteiger partial charge in [0.2, 0.25) is 0 Å². The standard InChI is InChI=1S/C14H28O3/c1-2-3-4-5-8-11-17-12-9-6-7-10-14(16)13-15/h2,14-16H,1,3-13H2. The van der Waals surface area contributed by atoms with E-state index in [-0.39, 0.29) is 6.61 Å². The van der Waals surface area contributed by atoms with Crippen LogP contribution in [0.25, 0.3) is 0 Å². The molecule has 0 aliphatic rings. The second kappa shape index (κ2) is 13.7. The Bertz CT molecular complexity index is 160. The summed E-state index contributed by atoms with van der Waals surface area (Å²) >= 11 is 0. The van der Waals surface area contributed by atoms with Crippen molar-refractivity contribution in [2.24, 2.45) is 0 Å². The van der Waals surface area contributed by atoms with Crippen molar-refractivity contribution in [1.82, 2.24) is 0 Å². The van der Waals surface area contributed by atoms with Gasteiger partial charge in [-0.3, -0.25) is 0 Å². The Morgan fingerprint density at radius 3 is 2.24 bits per heavy atom. The third-order valence-corrected chi connectivity index (χ3v) is 2.73. The zero-order chi connectivity index (χ0) is 12.8. The van der Waals surface area contributed by atoms with Crippen molar-refractivity contribution in [3.8, 4) is 0 Å². The van der Waals surface area contributed by atoms with E-state index in [2.05, 4.69) is 6.58 Å². The topological polar surface area (TPSA) is 49.7 Å². The molecule has 3 nitrogen and oxygen atoms in total. The lowest BCUT2D eigenvalue weighted by Gasteiger charge is -2.06. The number of allylic oxidation sites excluding steroid dienone is 1. The Labute approximate surface area is 105 Å². The molecule has 0 saturated heterocycles. The molecule has 0 heterocycles. The number of hydrogen-bond acceptors (Lipinski definition) is 3. The van der Waals surface area contributed by atoms with Gasteiger partial charge in [0.1, 0.15) is 0 Å². The summed E-state index contributed by atoms with van der Waals surface area (Å²) in [6.45, 7) is 5.24. The second-order valence-electron chi connectivity index (χ2n) is 4.44. The summed E-state index contributed by atoms with van der Waals surface area (Å²) in [4.78, 5) is 0. The van der Waals surface area contributed by atoms with Gasteiger partial charge in [-0.2, -0.15) is 0 Å². The van der Waals surface area contributed by atoms with Crippen LogP contribution in [-0.4, -0.2) is 36.1 Å². The van der Waals surface area contributed by atoms with Crippen molar-refractivity contribution < 1.29 is 14.9 Å². The van der Waals surface area contributed by atoms with Crippen LogP contribution in [0.3, 0.4) is 0 Å². The molecule has 0 bridgehead atoms. The van der Waals surface area contributed by atoms with Gasteiger partial charge in [-0.25, -0.2) is 0 Å². The highest BCUT2D eigenvalue weighted by Gasteiger charge is 2.00. The van der Waals surface area contributed by atoms with Crippen molar-refractivity contribution in [3.05, 3.63) is 12.7 Å². The van der Waals surface area contributed by atoms with E-state index in [1.165, 1.54) is 12.8 Å². The summed E-state index contributed by atoms with van der Waals surface area (Å²) in [5.41, 5.74) is 0. The van der Waals surface area contributed by atoms with Crippen LogP contribution in [0.5, 0.6) is 0 Å². The Morgan fingerprint density at radius 2 is 1.65 bits per heavy atom. The van der Waals surface area contributed by atoms with Crippen LogP contribution in [0.15, 0.2) is 12.7 Å². The first-order valence-corrected chi connectivity index (χ1v) is 6.78. The van der Waals surface area contributed by atoms with E-state index < -0.39 is 6.10 Å². The molecule has 0 aromatic heterocycles. The largest absolute Gasteiger partial charge is 0.394 e. The number of hydrogen-bond donors (Lipinski definition) is 2. The van der Waals surface area contributed by atoms with Crippen LogP contribution in [0.1, 0.15) is 51.4 Å². The van der Waals surface area contributed by atoms with Crippen LogP contribution < -0.4 is 0 Å². The molecule has 0 aliphatic heterocycles. The molecule has 0 aliphatic carbocycles. The lowest BCUT2D eigenvalue weighted by atomic mass is 10.1. The Balaban J connectivity index is 2.96. The zero-order valence-corrected chi connectivity index (χ0v) is 10.9. The summed E-state index contributed by atoms with van der Waals surface area (Å²) in [6, 6.07) is 0. The van der Waals surface area contributed by atoms with E-state index >= 15 is 0 Å². The molecule has 0 radical (unpaired) electrons. The monoisotopic (exact) mass is 244 g/mol. The molecule has 2 N–H and O–H groups in total. The van der Waals surface area contributed by atoms with Gasteiger partial charge in [-0.05, 0) is 32.1 Å². The summed E-state index contributed by atoms with van der Waals surface area (Å²) in [7, 11) is 0. The Morgan fingerprint density at radius 1 is 1.00 bits per heavy atom. The summed E-state index contributed by atoms with van der Waals surface area (Å²) in [5, 5.41) is 17.7. The molecular weight excluding hydrogens is 216 g/mol. The van der Waals surface area contributed by atoms with Gasteiger partial charge in [0.25, 0.3) is 0 Å². The minimum Gasteiger partial charge on any atom is -0.394 e. The highest BCUT2D eigenvalue weighted by atomic mass is 16.5. The van der Waals surface area contributed by atoms with Gasteiger partial charge in [-0.1, -0.05) is 25.3 Å².